The fraction of sp³-hybridized carbons (Fsp3) is 0.364. The molecule has 5 heteroatoms. The number of carbonyl (C=O) groups is 1. The van der Waals surface area contributed by atoms with E-state index < -0.39 is 11.7 Å². The van der Waals surface area contributed by atoms with E-state index in [1.165, 1.54) is 0 Å². The SMILES string of the molecule is CC(C)C(=O)Nc1[c]ccc(C(F)(F)F)c1. The van der Waals surface area contributed by atoms with E-state index in [9.17, 15) is 18.0 Å². The maximum atomic E-state index is 12.3. The van der Waals surface area contributed by atoms with Crippen LogP contribution in [0.25, 0.3) is 0 Å². The molecule has 0 fully saturated rings. The van der Waals surface area contributed by atoms with Gasteiger partial charge in [0.2, 0.25) is 5.91 Å². The summed E-state index contributed by atoms with van der Waals surface area (Å²) in [6, 6.07) is 5.44. The molecule has 2 nitrogen and oxygen atoms in total. The van der Waals surface area contributed by atoms with Crippen LogP contribution in [0, 0.1) is 12.0 Å². The van der Waals surface area contributed by atoms with E-state index in [1.54, 1.807) is 13.8 Å². The van der Waals surface area contributed by atoms with Crippen molar-refractivity contribution in [2.24, 2.45) is 5.92 Å². The average molecular weight is 230 g/mol. The molecule has 1 N–H and O–H groups in total. The van der Waals surface area contributed by atoms with E-state index in [0.717, 1.165) is 18.2 Å². The zero-order valence-electron chi connectivity index (χ0n) is 8.85. The molecule has 0 spiro atoms. The first kappa shape index (κ1) is 12.5. The summed E-state index contributed by atoms with van der Waals surface area (Å²) >= 11 is 0. The largest absolute Gasteiger partial charge is 0.416 e. The van der Waals surface area contributed by atoms with Crippen LogP contribution in [0.5, 0.6) is 0 Å². The predicted octanol–water partition coefficient (Wildman–Crippen LogP) is 3.10. The van der Waals surface area contributed by atoms with Crippen molar-refractivity contribution in [1.29, 1.82) is 0 Å². The zero-order chi connectivity index (χ0) is 12.3. The Balaban J connectivity index is 2.88. The van der Waals surface area contributed by atoms with Gasteiger partial charge in [-0.3, -0.25) is 4.79 Å². The van der Waals surface area contributed by atoms with Crippen LogP contribution in [0.15, 0.2) is 18.2 Å². The van der Waals surface area contributed by atoms with Crippen LogP contribution < -0.4 is 5.32 Å². The Morgan fingerprint density at radius 2 is 2.06 bits per heavy atom. The highest BCUT2D eigenvalue weighted by Crippen LogP contribution is 2.30. The minimum absolute atomic E-state index is 0.0357. The molecule has 1 rings (SSSR count). The molecule has 0 unspecified atom stereocenters. The number of alkyl halides is 3. The van der Waals surface area contributed by atoms with Gasteiger partial charge in [-0.25, -0.2) is 0 Å². The molecule has 1 amide bonds. The fourth-order valence-corrected chi connectivity index (χ4v) is 0.992. The molecule has 87 valence electrons. The number of anilines is 1. The number of hydrogen-bond donors (Lipinski definition) is 1. The summed E-state index contributed by atoms with van der Waals surface area (Å²) in [6.07, 6.45) is -4.41. The van der Waals surface area contributed by atoms with Crippen molar-refractivity contribution in [2.75, 3.05) is 5.32 Å². The van der Waals surface area contributed by atoms with E-state index in [2.05, 4.69) is 11.4 Å². The van der Waals surface area contributed by atoms with Gasteiger partial charge in [0, 0.05) is 17.7 Å². The predicted molar refractivity (Wildman–Crippen MR) is 53.7 cm³/mol. The van der Waals surface area contributed by atoms with Gasteiger partial charge in [-0.2, -0.15) is 13.2 Å². The monoisotopic (exact) mass is 230 g/mol. The van der Waals surface area contributed by atoms with Crippen molar-refractivity contribution >= 4 is 11.6 Å². The summed E-state index contributed by atoms with van der Waals surface area (Å²) in [5.41, 5.74) is -0.765. The van der Waals surface area contributed by atoms with Crippen molar-refractivity contribution in [3.8, 4) is 0 Å². The summed E-state index contributed by atoms with van der Waals surface area (Å²) in [4.78, 5) is 11.3. The van der Waals surface area contributed by atoms with E-state index in [-0.39, 0.29) is 17.5 Å². The highest BCUT2D eigenvalue weighted by molar-refractivity contribution is 5.91. The average Bonchev–Trinajstić information content (AvgIpc) is 2.16. The van der Waals surface area contributed by atoms with Gasteiger partial charge in [-0.15, -0.1) is 0 Å². The van der Waals surface area contributed by atoms with Crippen LogP contribution in [0.4, 0.5) is 18.9 Å². The Labute approximate surface area is 91.5 Å². The summed E-state index contributed by atoms with van der Waals surface area (Å²) in [5, 5.41) is 2.36. The van der Waals surface area contributed by atoms with Gasteiger partial charge in [0.1, 0.15) is 0 Å². The lowest BCUT2D eigenvalue weighted by Gasteiger charge is -2.10. The van der Waals surface area contributed by atoms with Crippen LogP contribution >= 0.6 is 0 Å². The first-order chi connectivity index (χ1) is 7.30. The molecule has 16 heavy (non-hydrogen) atoms. The van der Waals surface area contributed by atoms with Gasteiger partial charge in [0.25, 0.3) is 0 Å². The van der Waals surface area contributed by atoms with Crippen LogP contribution in [-0.2, 0) is 11.0 Å². The Morgan fingerprint density at radius 1 is 1.44 bits per heavy atom. The first-order valence-electron chi connectivity index (χ1n) is 4.70. The second-order valence-corrected chi connectivity index (χ2v) is 3.63. The van der Waals surface area contributed by atoms with E-state index in [1.807, 2.05) is 0 Å². The topological polar surface area (TPSA) is 29.1 Å². The van der Waals surface area contributed by atoms with E-state index in [4.69, 9.17) is 0 Å². The third-order valence-electron chi connectivity index (χ3n) is 1.91. The minimum atomic E-state index is -4.41. The molecular formula is C11H11F3NO. The van der Waals surface area contributed by atoms with Gasteiger partial charge >= 0.3 is 6.18 Å². The number of benzene rings is 1. The lowest BCUT2D eigenvalue weighted by molar-refractivity contribution is -0.137. The Hall–Kier alpha value is -1.52. The van der Waals surface area contributed by atoms with Gasteiger partial charge in [0.15, 0.2) is 0 Å². The van der Waals surface area contributed by atoms with Crippen molar-refractivity contribution < 1.29 is 18.0 Å². The Bertz CT molecular complexity index is 385. The molecule has 0 saturated carbocycles. The lowest BCUT2D eigenvalue weighted by Crippen LogP contribution is -2.18. The molecule has 0 aliphatic rings. The molecule has 1 aromatic carbocycles. The summed E-state index contributed by atoms with van der Waals surface area (Å²) in [6.45, 7) is 3.31. The second kappa shape index (κ2) is 4.55. The summed E-state index contributed by atoms with van der Waals surface area (Å²) in [5.74, 6) is -0.626. The molecule has 1 aromatic rings. The normalized spacial score (nSPS) is 11.6. The molecular weight excluding hydrogens is 219 g/mol. The zero-order valence-corrected chi connectivity index (χ0v) is 8.85. The number of hydrogen-bond acceptors (Lipinski definition) is 1. The van der Waals surface area contributed by atoms with Crippen LogP contribution in [0.3, 0.4) is 0 Å². The molecule has 0 bridgehead atoms. The van der Waals surface area contributed by atoms with Crippen molar-refractivity contribution in [3.05, 3.63) is 29.8 Å². The number of nitrogens with one attached hydrogen (secondary N) is 1. The second-order valence-electron chi connectivity index (χ2n) is 3.63. The fourth-order valence-electron chi connectivity index (χ4n) is 0.992. The molecule has 1 radical (unpaired) electrons. The Morgan fingerprint density at radius 3 is 2.56 bits per heavy atom. The lowest BCUT2D eigenvalue weighted by atomic mass is 10.1. The van der Waals surface area contributed by atoms with Crippen molar-refractivity contribution in [2.45, 2.75) is 20.0 Å². The molecule has 0 aliphatic heterocycles. The van der Waals surface area contributed by atoms with E-state index in [0.29, 0.717) is 0 Å². The van der Waals surface area contributed by atoms with Crippen LogP contribution in [-0.4, -0.2) is 5.91 Å². The smallest absolute Gasteiger partial charge is 0.325 e. The number of rotatable bonds is 2. The van der Waals surface area contributed by atoms with Crippen molar-refractivity contribution in [3.63, 3.8) is 0 Å². The van der Waals surface area contributed by atoms with Gasteiger partial charge in [-0.05, 0) is 12.1 Å². The number of carbonyl (C=O) groups excluding carboxylic acids is 1. The molecule has 0 aliphatic carbocycles. The van der Waals surface area contributed by atoms with Gasteiger partial charge in [0.05, 0.1) is 5.56 Å². The van der Waals surface area contributed by atoms with Gasteiger partial charge < -0.3 is 5.32 Å². The standard InChI is InChI=1S/C11H11F3NO/c1-7(2)10(16)15-9-5-3-4-8(6-9)11(12,13)14/h3-4,6-7H,1-2H3,(H,15,16). The molecule has 0 atom stereocenters. The maximum Gasteiger partial charge on any atom is 0.416 e. The molecule has 0 saturated heterocycles. The van der Waals surface area contributed by atoms with Crippen LogP contribution in [0.2, 0.25) is 0 Å². The maximum absolute atomic E-state index is 12.3. The van der Waals surface area contributed by atoms with E-state index >= 15 is 0 Å². The molecule has 0 heterocycles. The van der Waals surface area contributed by atoms with Gasteiger partial charge in [-0.1, -0.05) is 19.9 Å². The third-order valence-corrected chi connectivity index (χ3v) is 1.91. The third kappa shape index (κ3) is 3.25. The summed E-state index contributed by atoms with van der Waals surface area (Å²) < 4.78 is 37.0. The molecule has 0 aromatic heterocycles. The first-order valence-corrected chi connectivity index (χ1v) is 4.70. The summed E-state index contributed by atoms with van der Waals surface area (Å²) in [7, 11) is 0. The minimum Gasteiger partial charge on any atom is -0.325 e. The highest BCUT2D eigenvalue weighted by atomic mass is 19.4. The number of halogens is 3. The van der Waals surface area contributed by atoms with Crippen molar-refractivity contribution in [1.82, 2.24) is 0 Å². The highest BCUT2D eigenvalue weighted by Gasteiger charge is 2.30. The number of amides is 1. The quantitative estimate of drug-likeness (QED) is 0.831. The Kier molecular flexibility index (Phi) is 3.57. The van der Waals surface area contributed by atoms with Crippen LogP contribution in [0.1, 0.15) is 19.4 Å².